The number of anilines is 1. The summed E-state index contributed by atoms with van der Waals surface area (Å²) >= 11 is 0. The van der Waals surface area contributed by atoms with Crippen molar-refractivity contribution in [3.05, 3.63) is 95.4 Å². The molecule has 8 heteroatoms. The van der Waals surface area contributed by atoms with E-state index in [1.165, 1.54) is 6.07 Å². The van der Waals surface area contributed by atoms with Crippen LogP contribution in [0.4, 0.5) is 14.9 Å². The van der Waals surface area contributed by atoms with Gasteiger partial charge in [0.1, 0.15) is 23.3 Å². The minimum atomic E-state index is -0.789. The molecular formula is C31H31FN2O5. The van der Waals surface area contributed by atoms with Gasteiger partial charge in [0.15, 0.2) is 5.76 Å². The Morgan fingerprint density at radius 2 is 1.56 bits per heavy atom. The maximum Gasteiger partial charge on any atom is 0.412 e. The van der Waals surface area contributed by atoms with Crippen LogP contribution in [-0.4, -0.2) is 23.8 Å². The lowest BCUT2D eigenvalue weighted by Gasteiger charge is -2.23. The zero-order valence-corrected chi connectivity index (χ0v) is 22.6. The third-order valence-electron chi connectivity index (χ3n) is 6.59. The van der Waals surface area contributed by atoms with E-state index in [0.717, 1.165) is 16.7 Å². The topological polar surface area (TPSA) is 90.7 Å². The van der Waals surface area contributed by atoms with Gasteiger partial charge >= 0.3 is 12.1 Å². The predicted molar refractivity (Wildman–Crippen MR) is 147 cm³/mol. The molecule has 7 nitrogen and oxygen atoms in total. The van der Waals surface area contributed by atoms with E-state index < -0.39 is 23.4 Å². The lowest BCUT2D eigenvalue weighted by Crippen LogP contribution is -2.31. The second kappa shape index (κ2) is 11.5. The van der Waals surface area contributed by atoms with Gasteiger partial charge in [0.2, 0.25) is 0 Å². The van der Waals surface area contributed by atoms with Crippen LogP contribution in [0.2, 0.25) is 0 Å². The van der Waals surface area contributed by atoms with Crippen molar-refractivity contribution >= 4 is 17.7 Å². The molecular weight excluding hydrogens is 499 g/mol. The van der Waals surface area contributed by atoms with Crippen molar-refractivity contribution in [1.82, 2.24) is 5.16 Å². The minimum absolute atomic E-state index is 0.264. The van der Waals surface area contributed by atoms with Gasteiger partial charge in [-0.15, -0.1) is 0 Å². The summed E-state index contributed by atoms with van der Waals surface area (Å²) in [6, 6.07) is 21.5. The Hall–Kier alpha value is -4.46. The van der Waals surface area contributed by atoms with Gasteiger partial charge in [0.05, 0.1) is 12.0 Å². The van der Waals surface area contributed by atoms with Crippen LogP contribution in [0.25, 0.3) is 22.5 Å². The Morgan fingerprint density at radius 1 is 0.974 bits per heavy atom. The van der Waals surface area contributed by atoms with Gasteiger partial charge in [-0.2, -0.15) is 0 Å². The first kappa shape index (κ1) is 27.6. The number of carbonyl (C=O) groups excluding carboxylic acids is 2. The molecule has 1 amide bonds. The third kappa shape index (κ3) is 6.00. The molecule has 4 aromatic rings. The van der Waals surface area contributed by atoms with Gasteiger partial charge in [-0.1, -0.05) is 71.9 Å². The molecule has 0 saturated carbocycles. The zero-order chi connectivity index (χ0) is 28.2. The number of hydrogen-bond acceptors (Lipinski definition) is 6. The summed E-state index contributed by atoms with van der Waals surface area (Å²) in [7, 11) is 0. The van der Waals surface area contributed by atoms with E-state index in [1.807, 2.05) is 62.4 Å². The van der Waals surface area contributed by atoms with Crippen molar-refractivity contribution in [2.75, 3.05) is 11.9 Å². The van der Waals surface area contributed by atoms with Crippen LogP contribution in [-0.2, 0) is 19.7 Å². The number of nitrogens with one attached hydrogen (secondary N) is 1. The smallest absolute Gasteiger partial charge is 0.412 e. The summed E-state index contributed by atoms with van der Waals surface area (Å²) in [6.45, 7) is 9.12. The molecule has 0 aliphatic heterocycles. The fourth-order valence-electron chi connectivity index (χ4n) is 4.20. The first-order valence-corrected chi connectivity index (χ1v) is 12.7. The number of aryl methyl sites for hydroxylation is 1. The number of hydrogen-bond donors (Lipinski definition) is 1. The number of halogens is 1. The Kier molecular flexibility index (Phi) is 8.14. The summed E-state index contributed by atoms with van der Waals surface area (Å²) in [4.78, 5) is 24.9. The van der Waals surface area contributed by atoms with Crippen LogP contribution in [0.15, 0.2) is 77.3 Å². The maximum absolute atomic E-state index is 14.0. The van der Waals surface area contributed by atoms with Crippen LogP contribution >= 0.6 is 0 Å². The van der Waals surface area contributed by atoms with Crippen molar-refractivity contribution in [2.24, 2.45) is 0 Å². The van der Waals surface area contributed by atoms with Gasteiger partial charge in [-0.05, 0) is 57.4 Å². The van der Waals surface area contributed by atoms with E-state index in [2.05, 4.69) is 10.5 Å². The van der Waals surface area contributed by atoms with Gasteiger partial charge in [0, 0.05) is 11.1 Å². The number of nitrogens with zero attached hydrogens (tertiary/aromatic N) is 1. The highest BCUT2D eigenvalue weighted by molar-refractivity contribution is 5.91. The summed E-state index contributed by atoms with van der Waals surface area (Å²) < 4.78 is 30.2. The van der Waals surface area contributed by atoms with Crippen LogP contribution < -0.4 is 5.32 Å². The molecule has 3 aromatic carbocycles. The summed E-state index contributed by atoms with van der Waals surface area (Å²) in [6.07, 6.45) is -1.54. The van der Waals surface area contributed by atoms with Gasteiger partial charge in [-0.3, -0.25) is 10.1 Å². The van der Waals surface area contributed by atoms with Crippen LogP contribution in [0.3, 0.4) is 0 Å². The van der Waals surface area contributed by atoms with Crippen molar-refractivity contribution in [2.45, 2.75) is 46.1 Å². The monoisotopic (exact) mass is 530 g/mol. The highest BCUT2D eigenvalue weighted by Gasteiger charge is 2.31. The standard InChI is InChI=1S/C31H31FN2O5/c1-6-37-29(35)31(4,5)24-17-15-22(16-18-24)21-11-13-23(14-12-21)28-27(19(2)34-39-28)33-30(36)38-20(3)25-9-7-8-10-26(25)32/h7-18,20H,6H2,1-5H3,(H,33,36). The number of aromatic nitrogens is 1. The van der Waals surface area contributed by atoms with E-state index in [1.54, 1.807) is 39.0 Å². The van der Waals surface area contributed by atoms with Crippen molar-refractivity contribution < 1.29 is 28.0 Å². The van der Waals surface area contributed by atoms with E-state index in [4.69, 9.17) is 14.0 Å². The number of amides is 1. The van der Waals surface area contributed by atoms with Crippen molar-refractivity contribution in [3.8, 4) is 22.5 Å². The molecule has 39 heavy (non-hydrogen) atoms. The van der Waals surface area contributed by atoms with E-state index in [-0.39, 0.29) is 11.5 Å². The Balaban J connectivity index is 1.48. The first-order chi connectivity index (χ1) is 18.6. The van der Waals surface area contributed by atoms with E-state index in [9.17, 15) is 14.0 Å². The average molecular weight is 531 g/mol. The number of benzene rings is 3. The molecule has 1 heterocycles. The largest absolute Gasteiger partial charge is 0.465 e. The number of esters is 1. The molecule has 0 bridgehead atoms. The van der Waals surface area contributed by atoms with Crippen LogP contribution in [0, 0.1) is 12.7 Å². The fourth-order valence-corrected chi connectivity index (χ4v) is 4.20. The SMILES string of the molecule is CCOC(=O)C(C)(C)c1ccc(-c2ccc(-c3onc(C)c3NC(=O)OC(C)c3ccccc3F)cc2)cc1. The first-order valence-electron chi connectivity index (χ1n) is 12.7. The Morgan fingerprint density at radius 3 is 2.18 bits per heavy atom. The molecule has 0 aliphatic carbocycles. The maximum atomic E-state index is 14.0. The molecule has 1 unspecified atom stereocenters. The summed E-state index contributed by atoms with van der Waals surface area (Å²) in [5.74, 6) is -0.336. The summed E-state index contributed by atoms with van der Waals surface area (Å²) in [5.41, 5.74) is 3.89. The van der Waals surface area contributed by atoms with Crippen LogP contribution in [0.5, 0.6) is 0 Å². The highest BCUT2D eigenvalue weighted by Crippen LogP contribution is 2.34. The molecule has 1 atom stereocenters. The third-order valence-corrected chi connectivity index (χ3v) is 6.59. The van der Waals surface area contributed by atoms with Gasteiger partial charge in [0.25, 0.3) is 0 Å². The number of ether oxygens (including phenoxy) is 2. The lowest BCUT2D eigenvalue weighted by molar-refractivity contribution is -0.148. The Labute approximate surface area is 226 Å². The van der Waals surface area contributed by atoms with Gasteiger partial charge in [-0.25, -0.2) is 9.18 Å². The molecule has 0 aliphatic rings. The second-order valence-corrected chi connectivity index (χ2v) is 9.67. The normalized spacial score (nSPS) is 12.1. The van der Waals surface area contributed by atoms with Crippen LogP contribution in [0.1, 0.15) is 50.6 Å². The molecule has 4 rings (SSSR count). The molecule has 1 N–H and O–H groups in total. The molecule has 0 saturated heterocycles. The van der Waals surface area contributed by atoms with Crippen molar-refractivity contribution in [3.63, 3.8) is 0 Å². The van der Waals surface area contributed by atoms with E-state index >= 15 is 0 Å². The number of rotatable bonds is 8. The number of carbonyl (C=O) groups is 2. The fraction of sp³-hybridized carbons (Fsp3) is 0.258. The molecule has 0 radical (unpaired) electrons. The Bertz CT molecular complexity index is 1460. The molecule has 0 fully saturated rings. The van der Waals surface area contributed by atoms with Crippen molar-refractivity contribution in [1.29, 1.82) is 0 Å². The quantitative estimate of drug-likeness (QED) is 0.236. The predicted octanol–water partition coefficient (Wildman–Crippen LogP) is 7.61. The minimum Gasteiger partial charge on any atom is -0.465 e. The molecule has 202 valence electrons. The molecule has 0 spiro atoms. The van der Waals surface area contributed by atoms with Gasteiger partial charge < -0.3 is 14.0 Å². The average Bonchev–Trinajstić information content (AvgIpc) is 3.28. The van der Waals surface area contributed by atoms with E-state index in [0.29, 0.717) is 29.3 Å². The lowest BCUT2D eigenvalue weighted by atomic mass is 9.84. The zero-order valence-electron chi connectivity index (χ0n) is 22.6. The summed E-state index contributed by atoms with van der Waals surface area (Å²) in [5, 5.41) is 6.68. The highest BCUT2D eigenvalue weighted by atomic mass is 19.1. The second-order valence-electron chi connectivity index (χ2n) is 9.67. The molecule has 1 aromatic heterocycles.